The number of halogens is 1. The number of β-amino-alcohol motifs (C(OH)–C–C–N with tert-alkyl or cyclic N) is 1. The highest BCUT2D eigenvalue weighted by molar-refractivity contribution is 6.31. The normalized spacial score (nSPS) is 21.4. The first-order valence-corrected chi connectivity index (χ1v) is 7.25. The number of hydrogen-bond acceptors (Lipinski definition) is 4. The molecule has 5 heteroatoms. The van der Waals surface area contributed by atoms with E-state index in [4.69, 9.17) is 16.3 Å². The number of benzene rings is 1. The van der Waals surface area contributed by atoms with Crippen LogP contribution in [0.2, 0.25) is 5.02 Å². The summed E-state index contributed by atoms with van der Waals surface area (Å²) in [7, 11) is 1.40. The molecule has 1 heterocycles. The van der Waals surface area contributed by atoms with Crippen LogP contribution in [0.25, 0.3) is 0 Å². The van der Waals surface area contributed by atoms with E-state index in [-0.39, 0.29) is 12.0 Å². The van der Waals surface area contributed by atoms with Crippen molar-refractivity contribution in [2.45, 2.75) is 31.4 Å². The summed E-state index contributed by atoms with van der Waals surface area (Å²) >= 11 is 6.09. The molecule has 0 saturated carbocycles. The Labute approximate surface area is 124 Å². The molecular formula is C15H20ClNO3. The van der Waals surface area contributed by atoms with E-state index in [9.17, 15) is 9.90 Å². The van der Waals surface area contributed by atoms with E-state index in [1.54, 1.807) is 6.07 Å². The fourth-order valence-electron chi connectivity index (χ4n) is 2.68. The van der Waals surface area contributed by atoms with Crippen LogP contribution in [-0.2, 0) is 9.53 Å². The Balaban J connectivity index is 2.07. The van der Waals surface area contributed by atoms with Crippen molar-refractivity contribution < 1.29 is 14.6 Å². The van der Waals surface area contributed by atoms with E-state index in [0.717, 1.165) is 25.8 Å². The van der Waals surface area contributed by atoms with Crippen molar-refractivity contribution in [3.05, 3.63) is 34.9 Å². The van der Waals surface area contributed by atoms with Gasteiger partial charge < -0.3 is 9.84 Å². The number of carbonyl (C=O) groups excluding carboxylic acids is 1. The molecule has 20 heavy (non-hydrogen) atoms. The number of aliphatic hydroxyl groups excluding tert-OH is 1. The van der Waals surface area contributed by atoms with E-state index in [0.29, 0.717) is 17.1 Å². The summed E-state index contributed by atoms with van der Waals surface area (Å²) in [6.45, 7) is 1.19. The second-order valence-electron chi connectivity index (χ2n) is 5.07. The number of hydrogen-bond donors (Lipinski definition) is 1. The lowest BCUT2D eigenvalue weighted by molar-refractivity contribution is -0.148. The molecule has 1 saturated heterocycles. The van der Waals surface area contributed by atoms with Gasteiger partial charge in [-0.15, -0.1) is 0 Å². The number of likely N-dealkylation sites (tertiary alicyclic amines) is 1. The van der Waals surface area contributed by atoms with Gasteiger partial charge in [-0.25, -0.2) is 0 Å². The second-order valence-corrected chi connectivity index (χ2v) is 5.47. The van der Waals surface area contributed by atoms with Crippen LogP contribution in [0.15, 0.2) is 24.3 Å². The Kier molecular flexibility index (Phi) is 5.40. The fourth-order valence-corrected chi connectivity index (χ4v) is 2.94. The Morgan fingerprint density at radius 2 is 2.25 bits per heavy atom. The standard InChI is InChI=1S/C15H20ClNO3/c1-20-15(19)13-8-4-5-9-17(13)10-14(18)11-6-2-3-7-12(11)16/h2-3,6-7,13-14,18H,4-5,8-10H2,1H3/t13-,14?/m1/s1. The minimum atomic E-state index is -0.700. The van der Waals surface area contributed by atoms with Gasteiger partial charge >= 0.3 is 5.97 Å². The summed E-state index contributed by atoms with van der Waals surface area (Å²) in [5.41, 5.74) is 0.698. The van der Waals surface area contributed by atoms with Gasteiger partial charge in [0, 0.05) is 17.1 Å². The van der Waals surface area contributed by atoms with Gasteiger partial charge in [-0.2, -0.15) is 0 Å². The molecule has 1 aromatic rings. The van der Waals surface area contributed by atoms with E-state index in [2.05, 4.69) is 0 Å². The van der Waals surface area contributed by atoms with Crippen LogP contribution in [0.3, 0.4) is 0 Å². The largest absolute Gasteiger partial charge is 0.468 e. The molecule has 0 spiro atoms. The van der Waals surface area contributed by atoms with Gasteiger partial charge in [0.1, 0.15) is 6.04 Å². The van der Waals surface area contributed by atoms with Crippen molar-refractivity contribution in [3.63, 3.8) is 0 Å². The van der Waals surface area contributed by atoms with Crippen molar-refractivity contribution in [2.24, 2.45) is 0 Å². The smallest absolute Gasteiger partial charge is 0.323 e. The number of esters is 1. The molecule has 1 unspecified atom stereocenters. The third kappa shape index (κ3) is 3.51. The number of aliphatic hydroxyl groups is 1. The minimum Gasteiger partial charge on any atom is -0.468 e. The zero-order chi connectivity index (χ0) is 14.5. The first-order chi connectivity index (χ1) is 9.63. The molecule has 4 nitrogen and oxygen atoms in total. The summed E-state index contributed by atoms with van der Waals surface area (Å²) in [6.07, 6.45) is 2.12. The van der Waals surface area contributed by atoms with Crippen molar-refractivity contribution in [2.75, 3.05) is 20.2 Å². The predicted molar refractivity (Wildman–Crippen MR) is 77.6 cm³/mol. The van der Waals surface area contributed by atoms with Crippen LogP contribution < -0.4 is 0 Å². The lowest BCUT2D eigenvalue weighted by Gasteiger charge is -2.35. The Bertz CT molecular complexity index is 466. The van der Waals surface area contributed by atoms with E-state index in [1.807, 2.05) is 23.1 Å². The summed E-state index contributed by atoms with van der Waals surface area (Å²) in [5, 5.41) is 10.9. The summed E-state index contributed by atoms with van der Waals surface area (Å²) in [5.74, 6) is -0.226. The molecular weight excluding hydrogens is 278 g/mol. The number of piperidine rings is 1. The first-order valence-electron chi connectivity index (χ1n) is 6.88. The lowest BCUT2D eigenvalue weighted by Crippen LogP contribution is -2.46. The molecule has 1 aliphatic rings. The van der Waals surface area contributed by atoms with Gasteiger partial charge in [0.05, 0.1) is 13.2 Å². The van der Waals surface area contributed by atoms with Crippen molar-refractivity contribution in [1.29, 1.82) is 0 Å². The zero-order valence-electron chi connectivity index (χ0n) is 11.6. The number of carbonyl (C=O) groups is 1. The Morgan fingerprint density at radius 1 is 1.50 bits per heavy atom. The molecule has 0 radical (unpaired) electrons. The topological polar surface area (TPSA) is 49.8 Å². The third-order valence-electron chi connectivity index (χ3n) is 3.76. The molecule has 110 valence electrons. The molecule has 1 aliphatic heterocycles. The number of rotatable bonds is 4. The van der Waals surface area contributed by atoms with E-state index in [1.165, 1.54) is 7.11 Å². The third-order valence-corrected chi connectivity index (χ3v) is 4.10. The van der Waals surface area contributed by atoms with Crippen LogP contribution in [0.4, 0.5) is 0 Å². The minimum absolute atomic E-state index is 0.226. The maximum Gasteiger partial charge on any atom is 0.323 e. The monoisotopic (exact) mass is 297 g/mol. The zero-order valence-corrected chi connectivity index (χ0v) is 12.3. The molecule has 1 fully saturated rings. The molecule has 2 rings (SSSR count). The van der Waals surface area contributed by atoms with Crippen molar-refractivity contribution in [3.8, 4) is 0 Å². The van der Waals surface area contributed by atoms with Crippen LogP contribution in [0.5, 0.6) is 0 Å². The summed E-state index contributed by atoms with van der Waals surface area (Å²) < 4.78 is 4.84. The molecule has 0 aromatic heterocycles. The van der Waals surface area contributed by atoms with Gasteiger partial charge in [-0.05, 0) is 25.5 Å². The first kappa shape index (κ1) is 15.3. The average molecular weight is 298 g/mol. The van der Waals surface area contributed by atoms with Crippen LogP contribution in [0, 0.1) is 0 Å². The highest BCUT2D eigenvalue weighted by atomic mass is 35.5. The maximum atomic E-state index is 11.8. The quantitative estimate of drug-likeness (QED) is 0.867. The molecule has 0 aliphatic carbocycles. The lowest BCUT2D eigenvalue weighted by atomic mass is 10.0. The van der Waals surface area contributed by atoms with Gasteiger partial charge in [-0.1, -0.05) is 36.2 Å². The Hall–Kier alpha value is -1.10. The fraction of sp³-hybridized carbons (Fsp3) is 0.533. The number of ether oxygens (including phenoxy) is 1. The predicted octanol–water partition coefficient (Wildman–Crippen LogP) is 2.40. The maximum absolute atomic E-state index is 11.8. The average Bonchev–Trinajstić information content (AvgIpc) is 2.47. The van der Waals surface area contributed by atoms with Crippen LogP contribution in [0.1, 0.15) is 30.9 Å². The van der Waals surface area contributed by atoms with Crippen molar-refractivity contribution >= 4 is 17.6 Å². The number of nitrogens with zero attached hydrogens (tertiary/aromatic N) is 1. The van der Waals surface area contributed by atoms with Crippen LogP contribution >= 0.6 is 11.6 Å². The van der Waals surface area contributed by atoms with Gasteiger partial charge in [0.25, 0.3) is 0 Å². The number of methoxy groups -OCH3 is 1. The Morgan fingerprint density at radius 3 is 2.95 bits per heavy atom. The van der Waals surface area contributed by atoms with E-state index < -0.39 is 6.10 Å². The molecule has 1 N–H and O–H groups in total. The summed E-state index contributed by atoms with van der Waals surface area (Å²) in [6, 6.07) is 6.98. The highest BCUT2D eigenvalue weighted by Gasteiger charge is 2.31. The molecule has 1 aromatic carbocycles. The highest BCUT2D eigenvalue weighted by Crippen LogP contribution is 2.26. The van der Waals surface area contributed by atoms with Crippen LogP contribution in [-0.4, -0.2) is 42.2 Å². The van der Waals surface area contributed by atoms with E-state index >= 15 is 0 Å². The second kappa shape index (κ2) is 7.07. The molecule has 0 amide bonds. The van der Waals surface area contributed by atoms with Gasteiger partial charge in [0.15, 0.2) is 0 Å². The van der Waals surface area contributed by atoms with Crippen molar-refractivity contribution in [1.82, 2.24) is 4.90 Å². The molecule has 2 atom stereocenters. The SMILES string of the molecule is COC(=O)[C@H]1CCCCN1CC(O)c1ccccc1Cl. The van der Waals surface area contributed by atoms with Gasteiger partial charge in [0.2, 0.25) is 0 Å². The molecule has 0 bridgehead atoms. The van der Waals surface area contributed by atoms with Gasteiger partial charge in [-0.3, -0.25) is 9.69 Å². The summed E-state index contributed by atoms with van der Waals surface area (Å²) in [4.78, 5) is 13.8.